The van der Waals surface area contributed by atoms with E-state index in [0.29, 0.717) is 0 Å². The van der Waals surface area contributed by atoms with Crippen LogP contribution in [0.2, 0.25) is 0 Å². The van der Waals surface area contributed by atoms with E-state index in [2.05, 4.69) is 20.0 Å². The Hall–Kier alpha value is -3.96. The van der Waals surface area contributed by atoms with E-state index in [4.69, 9.17) is 0 Å². The lowest BCUT2D eigenvalue weighted by atomic mass is 10.1. The maximum atomic E-state index is 14.9. The van der Waals surface area contributed by atoms with Crippen molar-refractivity contribution in [3.05, 3.63) is 54.2 Å². The summed E-state index contributed by atoms with van der Waals surface area (Å²) in [6, 6.07) is 8.15. The van der Waals surface area contributed by atoms with Crippen LogP contribution in [0, 0.1) is 5.82 Å². The number of aromatic nitrogens is 2. The molecule has 2 heterocycles. The van der Waals surface area contributed by atoms with Crippen molar-refractivity contribution < 1.29 is 36.8 Å². The van der Waals surface area contributed by atoms with Gasteiger partial charge in [-0.3, -0.25) is 14.5 Å². The Labute approximate surface area is 177 Å². The van der Waals surface area contributed by atoms with Gasteiger partial charge in [-0.05, 0) is 36.8 Å². The molecular formula is C20H14F4N4O4. The van der Waals surface area contributed by atoms with Crippen molar-refractivity contribution in [3.63, 3.8) is 0 Å². The van der Waals surface area contributed by atoms with Crippen LogP contribution in [0.4, 0.5) is 28.9 Å². The first-order valence-electron chi connectivity index (χ1n) is 9.27. The molecule has 12 heteroatoms. The third-order valence-corrected chi connectivity index (χ3v) is 4.81. The van der Waals surface area contributed by atoms with Crippen LogP contribution in [0.1, 0.15) is 18.7 Å². The number of benzene rings is 2. The van der Waals surface area contributed by atoms with Crippen molar-refractivity contribution >= 4 is 23.2 Å². The molecule has 1 fully saturated rings. The predicted molar refractivity (Wildman–Crippen MR) is 102 cm³/mol. The average molecular weight is 450 g/mol. The quantitative estimate of drug-likeness (QED) is 0.463. The number of hydrogen-bond donors (Lipinski definition) is 2. The second-order valence-corrected chi connectivity index (χ2v) is 6.91. The van der Waals surface area contributed by atoms with Gasteiger partial charge in [-0.15, -0.1) is 0 Å². The Kier molecular flexibility index (Phi) is 5.28. The molecule has 1 aliphatic rings. The monoisotopic (exact) mass is 450 g/mol. The molecule has 0 bridgehead atoms. The molecule has 8 nitrogen and oxygen atoms in total. The Bertz CT molecular complexity index is 1190. The maximum absolute atomic E-state index is 14.9. The molecular weight excluding hydrogens is 436 g/mol. The fraction of sp³-hybridized carbons (Fsp3) is 0.200. The fourth-order valence-corrected chi connectivity index (χ4v) is 3.33. The first-order chi connectivity index (χ1) is 15.1. The predicted octanol–water partition coefficient (Wildman–Crippen LogP) is 3.73. The number of rotatable bonds is 4. The molecule has 1 aliphatic heterocycles. The van der Waals surface area contributed by atoms with Gasteiger partial charge in [-0.1, -0.05) is 17.3 Å². The molecule has 32 heavy (non-hydrogen) atoms. The molecule has 1 saturated heterocycles. The zero-order valence-corrected chi connectivity index (χ0v) is 16.1. The van der Waals surface area contributed by atoms with Gasteiger partial charge in [0, 0.05) is 12.0 Å². The molecule has 0 radical (unpaired) electrons. The highest BCUT2D eigenvalue weighted by atomic mass is 19.4. The molecule has 1 aromatic heterocycles. The number of carbonyl (C=O) groups is 2. The molecule has 0 aliphatic carbocycles. The molecule has 0 unspecified atom stereocenters. The van der Waals surface area contributed by atoms with Crippen LogP contribution < -0.4 is 10.2 Å². The van der Waals surface area contributed by atoms with Crippen LogP contribution in [0.25, 0.3) is 11.4 Å². The number of halogens is 4. The Morgan fingerprint density at radius 1 is 1.22 bits per heavy atom. The molecule has 2 aromatic carbocycles. The first-order valence-corrected chi connectivity index (χ1v) is 9.27. The maximum Gasteiger partial charge on any atom is 0.471 e. The van der Waals surface area contributed by atoms with E-state index in [-0.39, 0.29) is 35.5 Å². The van der Waals surface area contributed by atoms with Crippen LogP contribution in [0.15, 0.2) is 47.0 Å². The molecule has 2 N–H and O–H groups in total. The van der Waals surface area contributed by atoms with E-state index in [1.807, 2.05) is 0 Å². The lowest BCUT2D eigenvalue weighted by Gasteiger charge is -2.25. The number of phenols is 1. The fourth-order valence-electron chi connectivity index (χ4n) is 3.33. The summed E-state index contributed by atoms with van der Waals surface area (Å²) < 4.78 is 56.9. The number of aromatic hydroxyl groups is 1. The van der Waals surface area contributed by atoms with Crippen LogP contribution in [0.5, 0.6) is 5.75 Å². The van der Waals surface area contributed by atoms with Gasteiger partial charge in [0.25, 0.3) is 0 Å². The Balaban J connectivity index is 1.60. The Morgan fingerprint density at radius 3 is 2.62 bits per heavy atom. The minimum atomic E-state index is -4.85. The van der Waals surface area contributed by atoms with E-state index in [9.17, 15) is 32.3 Å². The number of alkyl halides is 3. The van der Waals surface area contributed by atoms with Crippen LogP contribution in [-0.2, 0) is 15.8 Å². The number of para-hydroxylation sites is 2. The summed E-state index contributed by atoms with van der Waals surface area (Å²) >= 11 is 0. The van der Waals surface area contributed by atoms with Gasteiger partial charge >= 0.3 is 12.1 Å². The summed E-state index contributed by atoms with van der Waals surface area (Å²) in [5.74, 6) is -4.33. The van der Waals surface area contributed by atoms with Gasteiger partial charge in [0.05, 0.1) is 11.4 Å². The zero-order chi connectivity index (χ0) is 23.0. The van der Waals surface area contributed by atoms with Gasteiger partial charge in [0.15, 0.2) is 0 Å². The number of anilines is 2. The highest BCUT2D eigenvalue weighted by molar-refractivity contribution is 6.08. The number of nitrogens with zero attached hydrogens (tertiary/aromatic N) is 3. The van der Waals surface area contributed by atoms with Crippen molar-refractivity contribution in [2.45, 2.75) is 25.1 Å². The van der Waals surface area contributed by atoms with Gasteiger partial charge in [-0.25, -0.2) is 4.39 Å². The van der Waals surface area contributed by atoms with E-state index < -0.39 is 41.6 Å². The molecule has 2 amide bonds. The summed E-state index contributed by atoms with van der Waals surface area (Å²) in [5.41, 5.74) is -0.203. The topological polar surface area (TPSA) is 109 Å². The summed E-state index contributed by atoms with van der Waals surface area (Å²) in [5, 5.41) is 15.5. The lowest BCUT2D eigenvalue weighted by molar-refractivity contribution is -0.159. The summed E-state index contributed by atoms with van der Waals surface area (Å²) in [6.45, 7) is 0. The summed E-state index contributed by atoms with van der Waals surface area (Å²) in [7, 11) is 0. The normalized spacial score (nSPS) is 16.4. The van der Waals surface area contributed by atoms with E-state index >= 15 is 0 Å². The zero-order valence-electron chi connectivity index (χ0n) is 16.1. The molecule has 3 aromatic rings. The molecule has 166 valence electrons. The van der Waals surface area contributed by atoms with Gasteiger partial charge in [0.1, 0.15) is 17.6 Å². The summed E-state index contributed by atoms with van der Waals surface area (Å²) in [6.07, 6.45) is -4.75. The average Bonchev–Trinajstić information content (AvgIpc) is 3.37. The third-order valence-electron chi connectivity index (χ3n) is 4.81. The first kappa shape index (κ1) is 21.3. The Morgan fingerprint density at radius 2 is 1.97 bits per heavy atom. The van der Waals surface area contributed by atoms with Crippen molar-refractivity contribution in [3.8, 4) is 17.1 Å². The van der Waals surface area contributed by atoms with Crippen molar-refractivity contribution in [2.24, 2.45) is 0 Å². The number of carbonyl (C=O) groups excluding carboxylic acids is 2. The number of phenolic OH excluding ortho intramolecular Hbond substituents is 1. The molecule has 0 spiro atoms. The van der Waals surface area contributed by atoms with Crippen molar-refractivity contribution in [1.29, 1.82) is 0 Å². The number of hydrogen-bond acceptors (Lipinski definition) is 6. The van der Waals surface area contributed by atoms with Gasteiger partial charge in [-0.2, -0.15) is 18.2 Å². The molecule has 0 saturated carbocycles. The molecule has 4 rings (SSSR count). The van der Waals surface area contributed by atoms with E-state index in [0.717, 1.165) is 17.0 Å². The largest absolute Gasteiger partial charge is 0.506 e. The highest BCUT2D eigenvalue weighted by Crippen LogP contribution is 2.34. The minimum absolute atomic E-state index is 0.0141. The molecule has 1 atom stereocenters. The van der Waals surface area contributed by atoms with E-state index in [1.54, 1.807) is 12.1 Å². The van der Waals surface area contributed by atoms with Crippen LogP contribution in [0.3, 0.4) is 0 Å². The smallest absolute Gasteiger partial charge is 0.471 e. The second kappa shape index (κ2) is 7.94. The van der Waals surface area contributed by atoms with Crippen LogP contribution >= 0.6 is 0 Å². The second-order valence-electron chi connectivity index (χ2n) is 6.91. The van der Waals surface area contributed by atoms with Gasteiger partial charge < -0.3 is 14.9 Å². The van der Waals surface area contributed by atoms with Crippen molar-refractivity contribution in [2.75, 3.05) is 10.2 Å². The number of nitrogens with one attached hydrogen (secondary N) is 1. The highest BCUT2D eigenvalue weighted by Gasteiger charge is 2.40. The van der Waals surface area contributed by atoms with E-state index in [1.165, 1.54) is 18.2 Å². The standard InChI is InChI=1S/C20H14F4N4O4/c21-11-9-10(17-26-19(32-27-17)20(22,23)24)5-6-13(11)28-14(7-8-16(28)30)18(31)25-12-3-1-2-4-15(12)29/h1-6,9,14,29H,7-8H2,(H,25,31)/t14-/m0/s1. The van der Waals surface area contributed by atoms with Gasteiger partial charge in [0.2, 0.25) is 17.6 Å². The SMILES string of the molecule is O=C(Nc1ccccc1O)[C@@H]1CCC(=O)N1c1ccc(-c2noc(C(F)(F)F)n2)cc1F. The minimum Gasteiger partial charge on any atom is -0.506 e. The van der Waals surface area contributed by atoms with Crippen molar-refractivity contribution in [1.82, 2.24) is 10.1 Å². The lowest BCUT2D eigenvalue weighted by Crippen LogP contribution is -2.42. The summed E-state index contributed by atoms with van der Waals surface area (Å²) in [4.78, 5) is 29.3. The van der Waals surface area contributed by atoms with Crippen LogP contribution in [-0.4, -0.2) is 33.1 Å². The number of amides is 2. The third kappa shape index (κ3) is 3.98.